The van der Waals surface area contributed by atoms with Crippen LogP contribution in [0.1, 0.15) is 6.42 Å². The Balaban J connectivity index is 1.65. The molecular formula is C16H21N7O2. The van der Waals surface area contributed by atoms with Gasteiger partial charge in [-0.1, -0.05) is 6.07 Å². The van der Waals surface area contributed by atoms with Gasteiger partial charge in [0.25, 0.3) is 5.56 Å². The van der Waals surface area contributed by atoms with Crippen LogP contribution in [0.4, 0.5) is 11.6 Å². The van der Waals surface area contributed by atoms with E-state index in [1.54, 1.807) is 12.3 Å². The van der Waals surface area contributed by atoms with Gasteiger partial charge < -0.3 is 9.80 Å². The maximum absolute atomic E-state index is 11.9. The zero-order chi connectivity index (χ0) is 17.6. The number of hydrogen-bond acceptors (Lipinski definition) is 7. The van der Waals surface area contributed by atoms with Crippen molar-refractivity contribution >= 4 is 17.5 Å². The fraction of sp³-hybridized carbons (Fsp3) is 0.375. The molecule has 132 valence electrons. The Hall–Kier alpha value is -2.94. The standard InChI is InChI=1S/C16H21N7O2/c17-19-15(24)6-8-23-16(25)5-4-14(20-23)22-11-9-21(10-12-22)13-3-1-2-7-18-13/h1-5,7H,6,8-12,17H2,(H,19,24). The Kier molecular flexibility index (Phi) is 5.24. The van der Waals surface area contributed by atoms with Crippen LogP contribution in [0.25, 0.3) is 0 Å². The lowest BCUT2D eigenvalue weighted by molar-refractivity contribution is -0.121. The first kappa shape index (κ1) is 16.9. The van der Waals surface area contributed by atoms with Crippen LogP contribution in [-0.2, 0) is 11.3 Å². The minimum atomic E-state index is -0.330. The van der Waals surface area contributed by atoms with Crippen molar-refractivity contribution in [2.24, 2.45) is 5.84 Å². The lowest BCUT2D eigenvalue weighted by Crippen LogP contribution is -2.47. The van der Waals surface area contributed by atoms with Gasteiger partial charge in [0.05, 0.1) is 6.54 Å². The molecule has 9 heteroatoms. The zero-order valence-corrected chi connectivity index (χ0v) is 13.8. The van der Waals surface area contributed by atoms with Gasteiger partial charge in [0, 0.05) is 44.9 Å². The number of amides is 1. The highest BCUT2D eigenvalue weighted by molar-refractivity contribution is 5.75. The first-order chi connectivity index (χ1) is 12.2. The van der Waals surface area contributed by atoms with Crippen LogP contribution < -0.4 is 26.6 Å². The second-order valence-corrected chi connectivity index (χ2v) is 5.73. The lowest BCUT2D eigenvalue weighted by Gasteiger charge is -2.36. The first-order valence-electron chi connectivity index (χ1n) is 8.16. The summed E-state index contributed by atoms with van der Waals surface area (Å²) in [5.41, 5.74) is 1.81. The molecule has 0 radical (unpaired) electrons. The van der Waals surface area contributed by atoms with Gasteiger partial charge in [0.2, 0.25) is 5.91 Å². The van der Waals surface area contributed by atoms with Crippen molar-refractivity contribution in [1.29, 1.82) is 0 Å². The third-order valence-corrected chi connectivity index (χ3v) is 4.14. The molecule has 0 atom stereocenters. The summed E-state index contributed by atoms with van der Waals surface area (Å²) in [6.07, 6.45) is 1.90. The van der Waals surface area contributed by atoms with Crippen LogP contribution in [0.5, 0.6) is 0 Å². The average molecular weight is 343 g/mol. The van der Waals surface area contributed by atoms with Crippen molar-refractivity contribution in [3.05, 3.63) is 46.9 Å². The third kappa shape index (κ3) is 4.13. The number of pyridine rings is 1. The van der Waals surface area contributed by atoms with Crippen molar-refractivity contribution in [2.45, 2.75) is 13.0 Å². The molecule has 1 aliphatic rings. The smallest absolute Gasteiger partial charge is 0.266 e. The molecular weight excluding hydrogens is 322 g/mol. The number of aromatic nitrogens is 3. The van der Waals surface area contributed by atoms with Crippen LogP contribution in [0, 0.1) is 0 Å². The highest BCUT2D eigenvalue weighted by atomic mass is 16.2. The number of rotatable bonds is 5. The van der Waals surface area contributed by atoms with Gasteiger partial charge in [-0.15, -0.1) is 0 Å². The van der Waals surface area contributed by atoms with E-state index in [4.69, 9.17) is 5.84 Å². The number of piperazine rings is 1. The summed E-state index contributed by atoms with van der Waals surface area (Å²) in [5.74, 6) is 6.42. The maximum atomic E-state index is 11.9. The van der Waals surface area contributed by atoms with Gasteiger partial charge in [0.15, 0.2) is 0 Å². The molecule has 3 heterocycles. The Labute approximate surface area is 145 Å². The van der Waals surface area contributed by atoms with E-state index in [-0.39, 0.29) is 24.4 Å². The molecule has 1 aliphatic heterocycles. The van der Waals surface area contributed by atoms with Crippen molar-refractivity contribution < 1.29 is 4.79 Å². The minimum Gasteiger partial charge on any atom is -0.353 e. The SMILES string of the molecule is NNC(=O)CCn1nc(N2CCN(c3ccccn3)CC2)ccc1=O. The number of carbonyl (C=O) groups excluding carboxylic acids is 1. The Morgan fingerprint density at radius 3 is 2.44 bits per heavy atom. The van der Waals surface area contributed by atoms with Crippen LogP contribution in [0.3, 0.4) is 0 Å². The van der Waals surface area contributed by atoms with E-state index in [1.807, 2.05) is 23.6 Å². The van der Waals surface area contributed by atoms with Crippen LogP contribution in [0.15, 0.2) is 41.3 Å². The number of nitrogens with two attached hydrogens (primary N) is 1. The summed E-state index contributed by atoms with van der Waals surface area (Å²) in [6.45, 7) is 3.42. The van der Waals surface area contributed by atoms with Gasteiger partial charge >= 0.3 is 0 Å². The number of carbonyl (C=O) groups is 1. The van der Waals surface area contributed by atoms with E-state index in [9.17, 15) is 9.59 Å². The molecule has 0 unspecified atom stereocenters. The second-order valence-electron chi connectivity index (χ2n) is 5.73. The number of aryl methyl sites for hydroxylation is 1. The van der Waals surface area contributed by atoms with E-state index in [2.05, 4.69) is 19.9 Å². The molecule has 9 nitrogen and oxygen atoms in total. The van der Waals surface area contributed by atoms with Gasteiger partial charge in [-0.05, 0) is 18.2 Å². The molecule has 0 aromatic carbocycles. The minimum absolute atomic E-state index is 0.111. The highest BCUT2D eigenvalue weighted by Crippen LogP contribution is 2.16. The van der Waals surface area contributed by atoms with E-state index in [1.165, 1.54) is 10.7 Å². The van der Waals surface area contributed by atoms with E-state index in [0.717, 1.165) is 37.8 Å². The zero-order valence-electron chi connectivity index (χ0n) is 13.8. The monoisotopic (exact) mass is 343 g/mol. The van der Waals surface area contributed by atoms with Gasteiger partial charge in [-0.2, -0.15) is 5.10 Å². The number of nitrogens with one attached hydrogen (secondary N) is 1. The Bertz CT molecular complexity index is 770. The molecule has 3 rings (SSSR count). The molecule has 0 aliphatic carbocycles. The summed E-state index contributed by atoms with van der Waals surface area (Å²) in [4.78, 5) is 31.9. The molecule has 1 fully saturated rings. The number of anilines is 2. The molecule has 25 heavy (non-hydrogen) atoms. The summed E-state index contributed by atoms with van der Waals surface area (Å²) in [6, 6.07) is 9.07. The van der Waals surface area contributed by atoms with Gasteiger partial charge in [-0.25, -0.2) is 15.5 Å². The van der Waals surface area contributed by atoms with Crippen molar-refractivity contribution in [1.82, 2.24) is 20.2 Å². The summed E-state index contributed by atoms with van der Waals surface area (Å²) in [5, 5.41) is 4.38. The fourth-order valence-electron chi connectivity index (χ4n) is 2.75. The largest absolute Gasteiger partial charge is 0.353 e. The van der Waals surface area contributed by atoms with E-state index in [0.29, 0.717) is 0 Å². The summed E-state index contributed by atoms with van der Waals surface area (Å²) in [7, 11) is 0. The fourth-order valence-corrected chi connectivity index (χ4v) is 2.75. The number of nitrogens with zero attached hydrogens (tertiary/aromatic N) is 5. The average Bonchev–Trinajstić information content (AvgIpc) is 2.68. The van der Waals surface area contributed by atoms with Crippen molar-refractivity contribution in [3.8, 4) is 0 Å². The normalized spacial score (nSPS) is 14.4. The second kappa shape index (κ2) is 7.75. The van der Waals surface area contributed by atoms with E-state index < -0.39 is 0 Å². The quantitative estimate of drug-likeness (QED) is 0.421. The van der Waals surface area contributed by atoms with Gasteiger partial charge in [-0.3, -0.25) is 15.0 Å². The van der Waals surface area contributed by atoms with Crippen LogP contribution >= 0.6 is 0 Å². The molecule has 0 bridgehead atoms. The topological polar surface area (TPSA) is 109 Å². The number of hydrazine groups is 1. The molecule has 1 amide bonds. The molecule has 2 aromatic rings. The van der Waals surface area contributed by atoms with Crippen LogP contribution in [0.2, 0.25) is 0 Å². The molecule has 0 spiro atoms. The van der Waals surface area contributed by atoms with Crippen LogP contribution in [-0.4, -0.2) is 46.9 Å². The predicted molar refractivity (Wildman–Crippen MR) is 94.1 cm³/mol. The Morgan fingerprint density at radius 2 is 1.80 bits per heavy atom. The number of hydrogen-bond donors (Lipinski definition) is 2. The third-order valence-electron chi connectivity index (χ3n) is 4.14. The molecule has 1 saturated heterocycles. The maximum Gasteiger partial charge on any atom is 0.266 e. The van der Waals surface area contributed by atoms with E-state index >= 15 is 0 Å². The lowest BCUT2D eigenvalue weighted by atomic mass is 10.3. The molecule has 2 aromatic heterocycles. The summed E-state index contributed by atoms with van der Waals surface area (Å²) >= 11 is 0. The first-order valence-corrected chi connectivity index (χ1v) is 8.16. The highest BCUT2D eigenvalue weighted by Gasteiger charge is 2.19. The Morgan fingerprint density at radius 1 is 1.08 bits per heavy atom. The van der Waals surface area contributed by atoms with Crippen molar-refractivity contribution in [3.63, 3.8) is 0 Å². The molecule has 3 N–H and O–H groups in total. The summed E-state index contributed by atoms with van der Waals surface area (Å²) < 4.78 is 1.30. The molecule has 0 saturated carbocycles. The predicted octanol–water partition coefficient (Wildman–Crippen LogP) is -0.655. The van der Waals surface area contributed by atoms with Gasteiger partial charge in [0.1, 0.15) is 11.6 Å². The van der Waals surface area contributed by atoms with Crippen molar-refractivity contribution in [2.75, 3.05) is 36.0 Å².